The fourth-order valence-electron chi connectivity index (χ4n) is 1.66. The quantitative estimate of drug-likeness (QED) is 0.585. The number of hydrogen-bond acceptors (Lipinski definition) is 3. The summed E-state index contributed by atoms with van der Waals surface area (Å²) in [7, 11) is 2.06. The van der Waals surface area contributed by atoms with Gasteiger partial charge >= 0.3 is 0 Å². The van der Waals surface area contributed by atoms with Gasteiger partial charge in [-0.1, -0.05) is 5.46 Å². The van der Waals surface area contributed by atoms with Gasteiger partial charge in [-0.2, -0.15) is 0 Å². The molecule has 0 aliphatic carbocycles. The highest BCUT2D eigenvalue weighted by molar-refractivity contribution is 6.32. The maximum atomic E-state index is 5.40. The van der Waals surface area contributed by atoms with Crippen molar-refractivity contribution in [2.24, 2.45) is 0 Å². The van der Waals surface area contributed by atoms with Gasteiger partial charge < -0.3 is 9.73 Å². The van der Waals surface area contributed by atoms with Crippen LogP contribution in [0.4, 0.5) is 0 Å². The maximum Gasteiger partial charge on any atom is 0.143 e. The van der Waals surface area contributed by atoms with Crippen LogP contribution in [0.15, 0.2) is 16.7 Å². The molecule has 4 heteroatoms. The topological polar surface area (TPSA) is 28.4 Å². The molecule has 0 aromatic carbocycles. The van der Waals surface area contributed by atoms with Crippen LogP contribution < -0.4 is 10.8 Å². The first-order valence-electron chi connectivity index (χ1n) is 4.82. The summed E-state index contributed by atoms with van der Waals surface area (Å²) in [4.78, 5) is 2.41. The molecule has 2 rings (SSSR count). The van der Waals surface area contributed by atoms with E-state index in [1.807, 2.05) is 6.26 Å². The maximum absolute atomic E-state index is 5.40. The molecule has 3 nitrogen and oxygen atoms in total. The average molecular weight is 178 g/mol. The molecule has 1 N–H and O–H groups in total. The first-order chi connectivity index (χ1) is 6.34. The predicted octanol–water partition coefficient (Wildman–Crippen LogP) is -1.06. The van der Waals surface area contributed by atoms with Crippen molar-refractivity contribution >= 4 is 13.3 Å². The molecule has 1 aromatic heterocycles. The Morgan fingerprint density at radius 2 is 2.23 bits per heavy atom. The normalized spacial score (nSPS) is 19.1. The lowest BCUT2D eigenvalue weighted by Gasteiger charge is -2.26. The second-order valence-electron chi connectivity index (χ2n) is 3.62. The van der Waals surface area contributed by atoms with Gasteiger partial charge in [0.25, 0.3) is 0 Å². The van der Waals surface area contributed by atoms with Gasteiger partial charge in [-0.25, -0.2) is 0 Å². The third-order valence-electron chi connectivity index (χ3n) is 2.37. The minimum absolute atomic E-state index is 0.954. The van der Waals surface area contributed by atoms with E-state index in [-0.39, 0.29) is 0 Å². The zero-order valence-electron chi connectivity index (χ0n) is 8.05. The molecular formula is C9H15BN2O. The van der Waals surface area contributed by atoms with E-state index in [4.69, 9.17) is 4.42 Å². The number of hydrogen-bond donors (Lipinski definition) is 1. The number of nitrogens with zero attached hydrogens (tertiary/aromatic N) is 1. The van der Waals surface area contributed by atoms with E-state index in [1.165, 1.54) is 5.46 Å². The molecule has 0 spiro atoms. The van der Waals surface area contributed by atoms with Crippen LogP contribution in [0.1, 0.15) is 5.76 Å². The molecule has 0 amide bonds. The van der Waals surface area contributed by atoms with Crippen LogP contribution >= 0.6 is 0 Å². The summed E-state index contributed by atoms with van der Waals surface area (Å²) >= 11 is 0. The van der Waals surface area contributed by atoms with Gasteiger partial charge in [0.2, 0.25) is 0 Å². The van der Waals surface area contributed by atoms with E-state index >= 15 is 0 Å². The van der Waals surface area contributed by atoms with Gasteiger partial charge in [-0.05, 0) is 6.07 Å². The van der Waals surface area contributed by atoms with E-state index < -0.39 is 0 Å². The molecule has 0 saturated carbocycles. The van der Waals surface area contributed by atoms with Gasteiger partial charge in [0.1, 0.15) is 13.6 Å². The van der Waals surface area contributed by atoms with Crippen LogP contribution in [0, 0.1) is 0 Å². The Labute approximate surface area is 79.5 Å². The Kier molecular flexibility index (Phi) is 2.71. The van der Waals surface area contributed by atoms with Crippen LogP contribution in [-0.2, 0) is 6.54 Å². The van der Waals surface area contributed by atoms with Crippen molar-refractivity contribution in [3.8, 4) is 0 Å². The lowest BCUT2D eigenvalue weighted by molar-refractivity contribution is 0.216. The molecule has 1 fully saturated rings. The summed E-state index contributed by atoms with van der Waals surface area (Å²) in [6.45, 7) is 5.40. The first-order valence-corrected chi connectivity index (χ1v) is 4.82. The Hall–Kier alpha value is -0.735. The van der Waals surface area contributed by atoms with Gasteiger partial charge in [0.15, 0.2) is 0 Å². The van der Waals surface area contributed by atoms with E-state index in [0.29, 0.717) is 0 Å². The second-order valence-corrected chi connectivity index (χ2v) is 3.62. The summed E-state index contributed by atoms with van der Waals surface area (Å²) in [5.74, 6) is 1.08. The predicted molar refractivity (Wildman–Crippen MR) is 55.0 cm³/mol. The molecule has 0 unspecified atom stereocenters. The lowest BCUT2D eigenvalue weighted by Crippen LogP contribution is -2.42. The molecule has 0 radical (unpaired) electrons. The summed E-state index contributed by atoms with van der Waals surface area (Å²) in [6, 6.07) is 2.11. The number of piperazine rings is 1. The van der Waals surface area contributed by atoms with Crippen molar-refractivity contribution in [3.05, 3.63) is 18.1 Å². The standard InChI is InChI=1S/C9H15BN2O/c10-8-5-9(13-7-8)6-12-3-1-11-2-4-12/h5,7,11H,1-4,6,10H2. The van der Waals surface area contributed by atoms with Crippen molar-refractivity contribution in [1.82, 2.24) is 10.2 Å². The van der Waals surface area contributed by atoms with Crippen LogP contribution in [0.3, 0.4) is 0 Å². The third kappa shape index (κ3) is 2.35. The minimum Gasteiger partial charge on any atom is -0.469 e. The molecule has 70 valence electrons. The Morgan fingerprint density at radius 1 is 1.46 bits per heavy atom. The highest BCUT2D eigenvalue weighted by Gasteiger charge is 2.11. The van der Waals surface area contributed by atoms with Gasteiger partial charge in [-0.3, -0.25) is 4.90 Å². The smallest absolute Gasteiger partial charge is 0.143 e. The van der Waals surface area contributed by atoms with E-state index in [0.717, 1.165) is 38.5 Å². The molecule has 1 aliphatic heterocycles. The van der Waals surface area contributed by atoms with E-state index in [1.54, 1.807) is 0 Å². The average Bonchev–Trinajstić information content (AvgIpc) is 2.53. The highest BCUT2D eigenvalue weighted by Crippen LogP contribution is 2.04. The van der Waals surface area contributed by atoms with Crippen molar-refractivity contribution < 1.29 is 4.42 Å². The fraction of sp³-hybridized carbons (Fsp3) is 0.556. The molecular weight excluding hydrogens is 163 g/mol. The molecule has 1 saturated heterocycles. The molecule has 1 aliphatic rings. The molecule has 2 heterocycles. The molecule has 0 atom stereocenters. The number of nitrogens with one attached hydrogen (secondary N) is 1. The van der Waals surface area contributed by atoms with Crippen molar-refractivity contribution in [2.75, 3.05) is 26.2 Å². The third-order valence-corrected chi connectivity index (χ3v) is 2.37. The summed E-state index contributed by atoms with van der Waals surface area (Å²) in [5.41, 5.74) is 1.21. The van der Waals surface area contributed by atoms with Crippen molar-refractivity contribution in [1.29, 1.82) is 0 Å². The zero-order chi connectivity index (χ0) is 9.10. The molecule has 13 heavy (non-hydrogen) atoms. The van der Waals surface area contributed by atoms with Crippen molar-refractivity contribution in [2.45, 2.75) is 6.54 Å². The van der Waals surface area contributed by atoms with E-state index in [9.17, 15) is 0 Å². The van der Waals surface area contributed by atoms with Gasteiger partial charge in [-0.15, -0.1) is 0 Å². The first kappa shape index (κ1) is 8.85. The van der Waals surface area contributed by atoms with Crippen LogP contribution in [0.5, 0.6) is 0 Å². The van der Waals surface area contributed by atoms with Crippen molar-refractivity contribution in [3.63, 3.8) is 0 Å². The Bertz CT molecular complexity index is 268. The number of furan rings is 1. The summed E-state index contributed by atoms with van der Waals surface area (Å²) in [5, 5.41) is 3.33. The summed E-state index contributed by atoms with van der Waals surface area (Å²) in [6.07, 6.45) is 1.82. The van der Waals surface area contributed by atoms with E-state index in [2.05, 4.69) is 24.1 Å². The Balaban J connectivity index is 1.89. The molecule has 1 aromatic rings. The largest absolute Gasteiger partial charge is 0.469 e. The van der Waals surface area contributed by atoms with Gasteiger partial charge in [0, 0.05) is 26.2 Å². The SMILES string of the molecule is Bc1coc(CN2CCNCC2)c1. The van der Waals surface area contributed by atoms with Crippen LogP contribution in [0.2, 0.25) is 0 Å². The number of rotatable bonds is 2. The zero-order valence-corrected chi connectivity index (χ0v) is 8.05. The summed E-state index contributed by atoms with van der Waals surface area (Å²) < 4.78 is 5.40. The minimum atomic E-state index is 0.954. The second kappa shape index (κ2) is 3.98. The highest BCUT2D eigenvalue weighted by atomic mass is 16.3. The fourth-order valence-corrected chi connectivity index (χ4v) is 1.66. The van der Waals surface area contributed by atoms with Crippen LogP contribution in [0.25, 0.3) is 0 Å². The lowest BCUT2D eigenvalue weighted by atomic mass is 10.0. The monoisotopic (exact) mass is 178 g/mol. The van der Waals surface area contributed by atoms with Gasteiger partial charge in [0.05, 0.1) is 12.8 Å². The molecule has 0 bridgehead atoms. The Morgan fingerprint density at radius 3 is 2.85 bits per heavy atom. The van der Waals surface area contributed by atoms with Crippen LogP contribution in [-0.4, -0.2) is 38.9 Å².